The largest absolute Gasteiger partial charge is 0.493 e. The molecule has 10 nitrogen and oxygen atoms in total. The third kappa shape index (κ3) is 5.96. The molecular formula is C30H32N4O6S. The van der Waals surface area contributed by atoms with Crippen LogP contribution in [0.1, 0.15) is 33.0 Å². The molecule has 41 heavy (non-hydrogen) atoms. The number of hydrogen-bond acceptors (Lipinski definition) is 8. The standard InChI is InChI=1S/C30H32N4O6S/c1-33(2)14-15-34(41(4,37)38)23-10-8-22(9-11-23)31-28(20-6-5-19-13-16-40-26(19)18-20)27-24-12-7-21(30(36)39-3)17-25(24)32-29(27)35/h5-12,17-18,27H,13-16H2,1-4H3,(H,32,35). The zero-order valence-corrected chi connectivity index (χ0v) is 24.2. The zero-order valence-electron chi connectivity index (χ0n) is 23.4. The topological polar surface area (TPSA) is 118 Å². The maximum Gasteiger partial charge on any atom is 0.337 e. The van der Waals surface area contributed by atoms with E-state index >= 15 is 0 Å². The van der Waals surface area contributed by atoms with E-state index in [0.29, 0.717) is 53.6 Å². The molecule has 1 amide bonds. The van der Waals surface area contributed by atoms with Crippen molar-refractivity contribution < 1.29 is 27.5 Å². The van der Waals surface area contributed by atoms with E-state index in [-0.39, 0.29) is 5.91 Å². The Morgan fingerprint density at radius 2 is 1.78 bits per heavy atom. The Morgan fingerprint density at radius 3 is 2.46 bits per heavy atom. The summed E-state index contributed by atoms with van der Waals surface area (Å²) in [5, 5.41) is 2.88. The van der Waals surface area contributed by atoms with Crippen molar-refractivity contribution in [3.8, 4) is 5.75 Å². The SMILES string of the molecule is COC(=O)c1ccc2c(c1)NC(=O)C2C(=Nc1ccc(N(CCN(C)C)S(C)(=O)=O)cc1)c1ccc2c(c1)OCC2. The van der Waals surface area contributed by atoms with Gasteiger partial charge in [-0.1, -0.05) is 18.2 Å². The Morgan fingerprint density at radius 1 is 1.05 bits per heavy atom. The highest BCUT2D eigenvalue weighted by Crippen LogP contribution is 2.38. The second-order valence-electron chi connectivity index (χ2n) is 10.3. The Hall–Kier alpha value is -4.22. The monoisotopic (exact) mass is 576 g/mol. The second-order valence-corrected chi connectivity index (χ2v) is 12.2. The minimum Gasteiger partial charge on any atom is -0.493 e. The van der Waals surface area contributed by atoms with E-state index in [0.717, 1.165) is 23.3 Å². The lowest BCUT2D eigenvalue weighted by atomic mass is 9.89. The van der Waals surface area contributed by atoms with Crippen LogP contribution < -0.4 is 14.4 Å². The Balaban J connectivity index is 1.56. The normalized spacial score (nSPS) is 16.2. The van der Waals surface area contributed by atoms with Crippen molar-refractivity contribution in [1.29, 1.82) is 0 Å². The van der Waals surface area contributed by atoms with Crippen molar-refractivity contribution in [1.82, 2.24) is 4.90 Å². The summed E-state index contributed by atoms with van der Waals surface area (Å²) in [7, 11) is 1.59. The van der Waals surface area contributed by atoms with Crippen LogP contribution in [0.2, 0.25) is 0 Å². The predicted octanol–water partition coefficient (Wildman–Crippen LogP) is 3.59. The van der Waals surface area contributed by atoms with Crippen LogP contribution in [-0.4, -0.2) is 78.1 Å². The lowest BCUT2D eigenvalue weighted by Gasteiger charge is -2.24. The maximum absolute atomic E-state index is 13.4. The molecular weight excluding hydrogens is 544 g/mol. The highest BCUT2D eigenvalue weighted by atomic mass is 32.2. The molecule has 1 atom stereocenters. The lowest BCUT2D eigenvalue weighted by Crippen LogP contribution is -2.35. The molecule has 2 aliphatic heterocycles. The summed E-state index contributed by atoms with van der Waals surface area (Å²) in [5.41, 5.74) is 4.94. The number of sulfonamides is 1. The molecule has 1 N–H and O–H groups in total. The Kier molecular flexibility index (Phi) is 7.83. The average Bonchev–Trinajstić information content (AvgIpc) is 3.53. The van der Waals surface area contributed by atoms with Crippen LogP contribution in [-0.2, 0) is 26.0 Å². The average molecular weight is 577 g/mol. The maximum atomic E-state index is 13.4. The number of ether oxygens (including phenoxy) is 2. The van der Waals surface area contributed by atoms with Gasteiger partial charge in [0.1, 0.15) is 11.7 Å². The molecule has 0 saturated heterocycles. The van der Waals surface area contributed by atoms with Gasteiger partial charge >= 0.3 is 5.97 Å². The quantitative estimate of drug-likeness (QED) is 0.306. The number of amides is 1. The van der Waals surface area contributed by atoms with Gasteiger partial charge in [0.05, 0.1) is 42.6 Å². The number of carbonyl (C=O) groups is 2. The highest BCUT2D eigenvalue weighted by Gasteiger charge is 2.36. The van der Waals surface area contributed by atoms with Crippen molar-refractivity contribution in [2.45, 2.75) is 12.3 Å². The Bertz CT molecular complexity index is 1630. The fraction of sp³-hybridized carbons (Fsp3) is 0.300. The van der Waals surface area contributed by atoms with Crippen LogP contribution in [0.25, 0.3) is 0 Å². The number of nitrogens with zero attached hydrogens (tertiary/aromatic N) is 3. The van der Waals surface area contributed by atoms with Gasteiger partial charge in [-0.25, -0.2) is 13.2 Å². The minimum absolute atomic E-state index is 0.272. The molecule has 1 unspecified atom stereocenters. The molecule has 11 heteroatoms. The van der Waals surface area contributed by atoms with Gasteiger partial charge in [0.25, 0.3) is 0 Å². The first kappa shape index (κ1) is 28.3. The minimum atomic E-state index is -3.49. The number of benzene rings is 3. The number of rotatable bonds is 9. The number of fused-ring (bicyclic) bond motifs is 2. The van der Waals surface area contributed by atoms with E-state index in [1.54, 1.807) is 42.5 Å². The van der Waals surface area contributed by atoms with Crippen molar-refractivity contribution in [3.63, 3.8) is 0 Å². The number of esters is 1. The number of carbonyl (C=O) groups excluding carboxylic acids is 2. The van der Waals surface area contributed by atoms with E-state index in [1.165, 1.54) is 17.7 Å². The van der Waals surface area contributed by atoms with Gasteiger partial charge in [0, 0.05) is 30.8 Å². The van der Waals surface area contributed by atoms with E-state index in [2.05, 4.69) is 5.32 Å². The number of aliphatic imine (C=N–C) groups is 1. The third-order valence-corrected chi connectivity index (χ3v) is 8.30. The van der Waals surface area contributed by atoms with Gasteiger partial charge in [-0.15, -0.1) is 0 Å². The molecule has 0 spiro atoms. The molecule has 0 bridgehead atoms. The molecule has 0 radical (unpaired) electrons. The van der Waals surface area contributed by atoms with Crippen LogP contribution in [0.3, 0.4) is 0 Å². The molecule has 3 aromatic carbocycles. The smallest absolute Gasteiger partial charge is 0.337 e. The van der Waals surface area contributed by atoms with E-state index in [9.17, 15) is 18.0 Å². The number of hydrogen-bond donors (Lipinski definition) is 1. The van der Waals surface area contributed by atoms with Crippen LogP contribution >= 0.6 is 0 Å². The van der Waals surface area contributed by atoms with Crippen molar-refractivity contribution >= 4 is 44.7 Å². The molecule has 0 fully saturated rings. The van der Waals surface area contributed by atoms with Crippen molar-refractivity contribution in [3.05, 3.63) is 82.9 Å². The summed E-state index contributed by atoms with van der Waals surface area (Å²) in [6.45, 7) is 1.47. The first-order valence-electron chi connectivity index (χ1n) is 13.2. The lowest BCUT2D eigenvalue weighted by molar-refractivity contribution is -0.115. The zero-order chi connectivity index (χ0) is 29.3. The van der Waals surface area contributed by atoms with Gasteiger partial charge in [-0.05, 0) is 67.7 Å². The summed E-state index contributed by atoms with van der Waals surface area (Å²) >= 11 is 0. The number of nitrogens with one attached hydrogen (secondary N) is 1. The van der Waals surface area contributed by atoms with Gasteiger partial charge in [0.15, 0.2) is 0 Å². The van der Waals surface area contributed by atoms with E-state index in [4.69, 9.17) is 14.5 Å². The van der Waals surface area contributed by atoms with Gasteiger partial charge in [-0.3, -0.25) is 14.1 Å². The summed E-state index contributed by atoms with van der Waals surface area (Å²) in [5.74, 6) is -0.756. The van der Waals surface area contributed by atoms with E-state index in [1.807, 2.05) is 37.2 Å². The fourth-order valence-corrected chi connectivity index (χ4v) is 5.93. The summed E-state index contributed by atoms with van der Waals surface area (Å²) in [4.78, 5) is 32.3. The first-order chi connectivity index (χ1) is 19.5. The van der Waals surface area contributed by atoms with Crippen molar-refractivity contribution in [2.75, 3.05) is 56.8 Å². The van der Waals surface area contributed by atoms with Crippen molar-refractivity contribution in [2.24, 2.45) is 4.99 Å². The van der Waals surface area contributed by atoms with Gasteiger partial charge in [0.2, 0.25) is 15.9 Å². The molecule has 0 aliphatic carbocycles. The second kappa shape index (κ2) is 11.3. The highest BCUT2D eigenvalue weighted by molar-refractivity contribution is 7.92. The number of likely N-dealkylation sites (N-methyl/N-ethyl adjacent to an activating group) is 1. The number of anilines is 2. The van der Waals surface area contributed by atoms with E-state index < -0.39 is 21.9 Å². The molecule has 2 heterocycles. The summed E-state index contributed by atoms with van der Waals surface area (Å²) in [6.07, 6.45) is 2.00. The molecule has 0 aromatic heterocycles. The Labute approximate surface area is 239 Å². The van der Waals surface area contributed by atoms with Crippen LogP contribution in [0.15, 0.2) is 65.7 Å². The van der Waals surface area contributed by atoms with Crippen LogP contribution in [0.4, 0.5) is 17.1 Å². The predicted molar refractivity (Wildman–Crippen MR) is 158 cm³/mol. The fourth-order valence-electron chi connectivity index (χ4n) is 5.01. The molecule has 2 aliphatic rings. The van der Waals surface area contributed by atoms with Gasteiger partial charge in [-0.2, -0.15) is 0 Å². The third-order valence-electron chi connectivity index (χ3n) is 7.11. The van der Waals surface area contributed by atoms with Crippen LogP contribution in [0, 0.1) is 0 Å². The summed E-state index contributed by atoms with van der Waals surface area (Å²) in [6, 6.07) is 17.7. The molecule has 3 aromatic rings. The molecule has 0 saturated carbocycles. The molecule has 214 valence electrons. The van der Waals surface area contributed by atoms with Crippen LogP contribution in [0.5, 0.6) is 5.75 Å². The first-order valence-corrected chi connectivity index (χ1v) is 15.0. The van der Waals surface area contributed by atoms with Gasteiger partial charge < -0.3 is 19.7 Å². The number of methoxy groups -OCH3 is 1. The molecule has 5 rings (SSSR count). The summed E-state index contributed by atoms with van der Waals surface area (Å²) < 4.78 is 37.0.